The molecule has 102 valence electrons. The van der Waals surface area contributed by atoms with Crippen LogP contribution in [-0.4, -0.2) is 12.1 Å². The molecule has 3 nitrogen and oxygen atoms in total. The summed E-state index contributed by atoms with van der Waals surface area (Å²) in [5.41, 5.74) is 8.87. The van der Waals surface area contributed by atoms with E-state index in [1.807, 2.05) is 12.1 Å². The predicted molar refractivity (Wildman–Crippen MR) is 80.0 cm³/mol. The van der Waals surface area contributed by atoms with Gasteiger partial charge >= 0.3 is 0 Å². The molecular formula is C15H20N2OS. The smallest absolute Gasteiger partial charge is 0.122 e. The van der Waals surface area contributed by atoms with Gasteiger partial charge in [-0.3, -0.25) is 0 Å². The van der Waals surface area contributed by atoms with Gasteiger partial charge in [0.25, 0.3) is 0 Å². The van der Waals surface area contributed by atoms with Crippen molar-refractivity contribution in [3.63, 3.8) is 0 Å². The molecule has 2 aromatic rings. The van der Waals surface area contributed by atoms with E-state index in [-0.39, 0.29) is 6.10 Å². The van der Waals surface area contributed by atoms with Crippen LogP contribution in [0.1, 0.15) is 30.5 Å². The molecule has 0 aliphatic heterocycles. The molecule has 0 fully saturated rings. The fourth-order valence-electron chi connectivity index (χ4n) is 2.02. The van der Waals surface area contributed by atoms with Crippen LogP contribution in [0.25, 0.3) is 11.3 Å². The van der Waals surface area contributed by atoms with Crippen molar-refractivity contribution in [3.05, 3.63) is 40.2 Å². The summed E-state index contributed by atoms with van der Waals surface area (Å²) in [4.78, 5) is 4.69. The van der Waals surface area contributed by atoms with Gasteiger partial charge in [0.05, 0.1) is 5.69 Å². The molecule has 1 atom stereocenters. The van der Waals surface area contributed by atoms with Gasteiger partial charge in [0.1, 0.15) is 11.1 Å². The predicted octanol–water partition coefficient (Wildman–Crippen LogP) is 3.61. The molecule has 4 heteroatoms. The number of rotatable bonds is 5. The molecule has 19 heavy (non-hydrogen) atoms. The van der Waals surface area contributed by atoms with Crippen LogP contribution in [0, 0.1) is 5.92 Å². The number of methoxy groups -OCH3 is 1. The number of hydrogen-bond donors (Lipinski definition) is 1. The van der Waals surface area contributed by atoms with Crippen LogP contribution in [0.15, 0.2) is 29.6 Å². The third-order valence-electron chi connectivity index (χ3n) is 3.11. The van der Waals surface area contributed by atoms with E-state index >= 15 is 0 Å². The van der Waals surface area contributed by atoms with Gasteiger partial charge in [-0.2, -0.15) is 0 Å². The summed E-state index contributed by atoms with van der Waals surface area (Å²) >= 11 is 1.65. The van der Waals surface area contributed by atoms with Gasteiger partial charge in [-0.25, -0.2) is 4.98 Å². The first-order valence-electron chi connectivity index (χ1n) is 6.43. The third-order valence-corrected chi connectivity index (χ3v) is 4.02. The maximum atomic E-state index is 5.60. The number of benzene rings is 1. The van der Waals surface area contributed by atoms with Gasteiger partial charge in [0.15, 0.2) is 0 Å². The summed E-state index contributed by atoms with van der Waals surface area (Å²) in [6.07, 6.45) is 0.0714. The molecule has 0 aliphatic rings. The Balaban J connectivity index is 2.24. The minimum absolute atomic E-state index is 0.0714. The maximum absolute atomic E-state index is 5.60. The van der Waals surface area contributed by atoms with Gasteiger partial charge in [0, 0.05) is 24.6 Å². The lowest BCUT2D eigenvalue weighted by atomic mass is 10.1. The summed E-state index contributed by atoms with van der Waals surface area (Å²) < 4.78 is 5.51. The Hall–Kier alpha value is -1.23. The van der Waals surface area contributed by atoms with E-state index in [2.05, 4.69) is 31.4 Å². The first-order valence-corrected chi connectivity index (χ1v) is 7.31. The number of hydrogen-bond acceptors (Lipinski definition) is 4. The highest BCUT2D eigenvalue weighted by atomic mass is 32.1. The second-order valence-corrected chi connectivity index (χ2v) is 5.76. The van der Waals surface area contributed by atoms with E-state index in [0.717, 1.165) is 21.8 Å². The topological polar surface area (TPSA) is 48.1 Å². The van der Waals surface area contributed by atoms with Gasteiger partial charge < -0.3 is 10.5 Å². The molecule has 2 N–H and O–H groups in total. The van der Waals surface area contributed by atoms with Crippen LogP contribution in [0.2, 0.25) is 0 Å². The molecule has 0 bridgehead atoms. The van der Waals surface area contributed by atoms with E-state index in [4.69, 9.17) is 15.5 Å². The normalized spacial score (nSPS) is 12.9. The Morgan fingerprint density at radius 3 is 2.47 bits per heavy atom. The zero-order chi connectivity index (χ0) is 13.8. The van der Waals surface area contributed by atoms with Crippen molar-refractivity contribution >= 4 is 11.3 Å². The number of nitrogens with zero attached hydrogens (tertiary/aromatic N) is 1. The molecule has 0 spiro atoms. The van der Waals surface area contributed by atoms with Crippen molar-refractivity contribution in [2.45, 2.75) is 26.5 Å². The van der Waals surface area contributed by atoms with Crippen LogP contribution < -0.4 is 5.73 Å². The summed E-state index contributed by atoms with van der Waals surface area (Å²) in [6.45, 7) is 4.86. The molecule has 1 aromatic heterocycles. The number of aromatic nitrogens is 1. The lowest BCUT2D eigenvalue weighted by Crippen LogP contribution is -2.08. The monoisotopic (exact) mass is 276 g/mol. The molecule has 0 saturated heterocycles. The Bertz CT molecular complexity index is 519. The minimum Gasteiger partial charge on any atom is -0.374 e. The lowest BCUT2D eigenvalue weighted by Gasteiger charge is -2.15. The van der Waals surface area contributed by atoms with Gasteiger partial charge in [-0.05, 0) is 11.5 Å². The van der Waals surface area contributed by atoms with Crippen molar-refractivity contribution in [1.82, 2.24) is 4.98 Å². The van der Waals surface area contributed by atoms with Crippen molar-refractivity contribution in [2.24, 2.45) is 11.7 Å². The Kier molecular flexibility index (Phi) is 4.69. The van der Waals surface area contributed by atoms with Crippen LogP contribution in [0.3, 0.4) is 0 Å². The first-order chi connectivity index (χ1) is 9.15. The number of thiazole rings is 1. The van der Waals surface area contributed by atoms with Crippen molar-refractivity contribution in [3.8, 4) is 11.3 Å². The molecule has 1 unspecified atom stereocenters. The fraction of sp³-hybridized carbons (Fsp3) is 0.400. The summed E-state index contributed by atoms with van der Waals surface area (Å²) in [5, 5.41) is 3.12. The highest BCUT2D eigenvalue weighted by Crippen LogP contribution is 2.31. The second kappa shape index (κ2) is 6.28. The highest BCUT2D eigenvalue weighted by Gasteiger charge is 2.19. The second-order valence-electron chi connectivity index (χ2n) is 4.87. The molecule has 2 rings (SSSR count). The van der Waals surface area contributed by atoms with Crippen molar-refractivity contribution < 1.29 is 4.74 Å². The Morgan fingerprint density at radius 1 is 1.26 bits per heavy atom. The molecule has 0 amide bonds. The molecule has 1 aromatic carbocycles. The zero-order valence-corrected chi connectivity index (χ0v) is 12.4. The number of ether oxygens (including phenoxy) is 1. The SMILES string of the molecule is COC(c1nc(-c2ccc(CN)cc2)cs1)C(C)C. The molecule has 1 heterocycles. The maximum Gasteiger partial charge on any atom is 0.122 e. The first kappa shape index (κ1) is 14.2. The highest BCUT2D eigenvalue weighted by molar-refractivity contribution is 7.10. The molecule has 0 saturated carbocycles. The summed E-state index contributed by atoms with van der Waals surface area (Å²) in [6, 6.07) is 8.23. The van der Waals surface area contributed by atoms with Crippen LogP contribution in [0.5, 0.6) is 0 Å². The largest absolute Gasteiger partial charge is 0.374 e. The Labute approximate surface area is 118 Å². The molecule has 0 radical (unpaired) electrons. The molecular weight excluding hydrogens is 256 g/mol. The summed E-state index contributed by atoms with van der Waals surface area (Å²) in [7, 11) is 1.74. The van der Waals surface area contributed by atoms with Gasteiger partial charge in [-0.15, -0.1) is 11.3 Å². The van der Waals surface area contributed by atoms with Gasteiger partial charge in [0.2, 0.25) is 0 Å². The summed E-state index contributed by atoms with van der Waals surface area (Å²) in [5.74, 6) is 0.420. The Morgan fingerprint density at radius 2 is 1.95 bits per heavy atom. The van der Waals surface area contributed by atoms with E-state index in [9.17, 15) is 0 Å². The van der Waals surface area contributed by atoms with E-state index in [1.54, 1.807) is 18.4 Å². The quantitative estimate of drug-likeness (QED) is 0.907. The van der Waals surface area contributed by atoms with Crippen LogP contribution in [-0.2, 0) is 11.3 Å². The third kappa shape index (κ3) is 3.21. The van der Waals surface area contributed by atoms with Crippen LogP contribution >= 0.6 is 11.3 Å². The van der Waals surface area contributed by atoms with Crippen LogP contribution in [0.4, 0.5) is 0 Å². The van der Waals surface area contributed by atoms with E-state index in [0.29, 0.717) is 12.5 Å². The average molecular weight is 276 g/mol. The van der Waals surface area contributed by atoms with Gasteiger partial charge in [-0.1, -0.05) is 38.1 Å². The number of nitrogens with two attached hydrogens (primary N) is 1. The standard InChI is InChI=1S/C15H20N2OS/c1-10(2)14(18-3)15-17-13(9-19-15)12-6-4-11(8-16)5-7-12/h4-7,9-10,14H,8,16H2,1-3H3. The lowest BCUT2D eigenvalue weighted by molar-refractivity contribution is 0.0645. The van der Waals surface area contributed by atoms with Crippen molar-refractivity contribution in [1.29, 1.82) is 0 Å². The molecule has 0 aliphatic carbocycles. The average Bonchev–Trinajstić information content (AvgIpc) is 2.89. The van der Waals surface area contributed by atoms with E-state index < -0.39 is 0 Å². The minimum atomic E-state index is 0.0714. The zero-order valence-electron chi connectivity index (χ0n) is 11.6. The van der Waals surface area contributed by atoms with E-state index in [1.165, 1.54) is 0 Å². The van der Waals surface area contributed by atoms with Crippen molar-refractivity contribution in [2.75, 3.05) is 7.11 Å². The fourth-order valence-corrected chi connectivity index (χ4v) is 3.10.